The van der Waals surface area contributed by atoms with E-state index in [9.17, 15) is 0 Å². The molecule has 1 N–H and O–H groups in total. The van der Waals surface area contributed by atoms with Gasteiger partial charge in [-0.05, 0) is 15.4 Å². The minimum Gasteiger partial charge on any atom is -0.411 e. The fourth-order valence-corrected chi connectivity index (χ4v) is 7.44. The Bertz CT molecular complexity index is 566. The lowest BCUT2D eigenvalue weighted by atomic mass is 10.2. The molecule has 0 spiro atoms. The number of hydrogen-bond donors (Lipinski definition) is 1. The third kappa shape index (κ3) is 3.13. The van der Waals surface area contributed by atoms with E-state index in [4.69, 9.17) is 9.63 Å². The fraction of sp³-hybridized carbons (Fsp3) is 0.278. The number of rotatable bonds is 5. The number of oxime groups is 1. The molecule has 0 saturated carbocycles. The molecule has 0 aliphatic rings. The summed E-state index contributed by atoms with van der Waals surface area (Å²) < 4.78 is 6.44. The van der Waals surface area contributed by atoms with Gasteiger partial charge in [-0.25, -0.2) is 0 Å². The molecule has 4 heteroatoms. The lowest BCUT2D eigenvalue weighted by Crippen LogP contribution is -2.66. The normalized spacial score (nSPS) is 12.7. The fourth-order valence-electron chi connectivity index (χ4n) is 2.96. The van der Waals surface area contributed by atoms with Gasteiger partial charge in [-0.15, -0.1) is 0 Å². The first kappa shape index (κ1) is 16.5. The second-order valence-corrected chi connectivity index (χ2v) is 10.6. The first-order valence-corrected chi connectivity index (χ1v) is 9.34. The maximum absolute atomic E-state index is 8.71. The molecule has 116 valence electrons. The molecule has 22 heavy (non-hydrogen) atoms. The summed E-state index contributed by atoms with van der Waals surface area (Å²) in [5.74, 6) is 0. The molecule has 0 fully saturated rings. The number of nitrogens with zero attached hydrogens (tertiary/aromatic N) is 1. The van der Waals surface area contributed by atoms with Crippen LogP contribution in [0.2, 0.25) is 5.04 Å². The third-order valence-corrected chi connectivity index (χ3v) is 8.88. The van der Waals surface area contributed by atoms with Crippen LogP contribution in [0.3, 0.4) is 0 Å². The molecular formula is C18H23NO2Si. The van der Waals surface area contributed by atoms with Gasteiger partial charge in [0.2, 0.25) is 0 Å². The van der Waals surface area contributed by atoms with Crippen LogP contribution >= 0.6 is 0 Å². The molecule has 0 bridgehead atoms. The highest BCUT2D eigenvalue weighted by Crippen LogP contribution is 2.36. The van der Waals surface area contributed by atoms with Crippen LogP contribution in [0.4, 0.5) is 0 Å². The van der Waals surface area contributed by atoms with Crippen LogP contribution in [0.1, 0.15) is 20.8 Å². The molecule has 0 aliphatic carbocycles. The highest BCUT2D eigenvalue weighted by atomic mass is 28.4. The summed E-state index contributed by atoms with van der Waals surface area (Å²) in [6.45, 7) is 6.95. The van der Waals surface area contributed by atoms with E-state index in [2.05, 4.69) is 74.5 Å². The molecule has 0 aliphatic heterocycles. The lowest BCUT2D eigenvalue weighted by molar-refractivity contribution is 0.308. The zero-order valence-corrected chi connectivity index (χ0v) is 14.4. The Morgan fingerprint density at radius 2 is 1.41 bits per heavy atom. The van der Waals surface area contributed by atoms with Crippen molar-refractivity contribution in [3.05, 3.63) is 60.7 Å². The van der Waals surface area contributed by atoms with Crippen LogP contribution in [0.25, 0.3) is 0 Å². The monoisotopic (exact) mass is 313 g/mol. The molecule has 0 heterocycles. The van der Waals surface area contributed by atoms with Crippen molar-refractivity contribution in [3.8, 4) is 0 Å². The standard InChI is InChI=1S/C18H23NO2Si/c1-18(2,3)22(21-15-14-19-20,16-10-6-4-7-11-16)17-12-8-5-9-13-17/h4-14,20H,15H2,1-3H3/b19-14+. The molecule has 0 radical (unpaired) electrons. The van der Waals surface area contributed by atoms with Crippen molar-refractivity contribution in [3.63, 3.8) is 0 Å². The summed E-state index contributed by atoms with van der Waals surface area (Å²) in [7, 11) is -2.49. The van der Waals surface area contributed by atoms with Crippen LogP contribution in [-0.4, -0.2) is 26.3 Å². The van der Waals surface area contributed by atoms with Crippen LogP contribution in [0.15, 0.2) is 65.8 Å². The maximum Gasteiger partial charge on any atom is 0.261 e. The molecule has 2 aromatic carbocycles. The molecule has 0 saturated heterocycles. The van der Waals surface area contributed by atoms with Crippen LogP contribution < -0.4 is 10.4 Å². The summed E-state index contributed by atoms with van der Waals surface area (Å²) in [5.41, 5.74) is 0. The Kier molecular flexibility index (Phi) is 5.16. The topological polar surface area (TPSA) is 41.8 Å². The molecular weight excluding hydrogens is 290 g/mol. The van der Waals surface area contributed by atoms with Crippen molar-refractivity contribution >= 4 is 24.9 Å². The predicted molar refractivity (Wildman–Crippen MR) is 93.9 cm³/mol. The molecule has 3 nitrogen and oxygen atoms in total. The Balaban J connectivity index is 2.64. The zero-order valence-electron chi connectivity index (χ0n) is 13.4. The summed E-state index contributed by atoms with van der Waals surface area (Å²) in [5, 5.41) is 14.2. The Labute approximate surface area is 133 Å². The summed E-state index contributed by atoms with van der Waals surface area (Å²) in [6, 6.07) is 20.8. The molecule has 0 aromatic heterocycles. The quantitative estimate of drug-likeness (QED) is 0.399. The largest absolute Gasteiger partial charge is 0.411 e. The molecule has 2 rings (SSSR count). The number of benzene rings is 2. The van der Waals surface area contributed by atoms with E-state index in [1.165, 1.54) is 16.6 Å². The van der Waals surface area contributed by atoms with E-state index in [1.54, 1.807) is 0 Å². The molecule has 0 atom stereocenters. The maximum atomic E-state index is 8.71. The van der Waals surface area contributed by atoms with Crippen LogP contribution in [0, 0.1) is 0 Å². The molecule has 0 unspecified atom stereocenters. The molecule has 2 aromatic rings. The third-order valence-electron chi connectivity index (χ3n) is 3.87. The predicted octanol–water partition coefficient (Wildman–Crippen LogP) is 3.02. The van der Waals surface area contributed by atoms with Gasteiger partial charge in [0.05, 0.1) is 12.8 Å². The average molecular weight is 313 g/mol. The smallest absolute Gasteiger partial charge is 0.261 e. The van der Waals surface area contributed by atoms with Crippen molar-refractivity contribution in [2.24, 2.45) is 5.16 Å². The van der Waals surface area contributed by atoms with Gasteiger partial charge in [-0.1, -0.05) is 86.6 Å². The second-order valence-electron chi connectivity index (χ2n) is 6.27. The average Bonchev–Trinajstić information content (AvgIpc) is 2.52. The van der Waals surface area contributed by atoms with E-state index < -0.39 is 8.32 Å². The van der Waals surface area contributed by atoms with E-state index in [0.717, 1.165) is 0 Å². The van der Waals surface area contributed by atoms with Crippen LogP contribution in [0.5, 0.6) is 0 Å². The molecule has 0 amide bonds. The Hall–Kier alpha value is -1.91. The lowest BCUT2D eigenvalue weighted by Gasteiger charge is -2.42. The Morgan fingerprint density at radius 1 is 0.955 bits per heavy atom. The summed E-state index contributed by atoms with van der Waals surface area (Å²) in [4.78, 5) is 0. The first-order valence-electron chi connectivity index (χ1n) is 7.43. The van der Waals surface area contributed by atoms with Gasteiger partial charge in [-0.2, -0.15) is 0 Å². The highest BCUT2D eigenvalue weighted by Gasteiger charge is 2.49. The van der Waals surface area contributed by atoms with Gasteiger partial charge in [0.15, 0.2) is 0 Å². The van der Waals surface area contributed by atoms with Crippen LogP contribution in [-0.2, 0) is 4.43 Å². The summed E-state index contributed by atoms with van der Waals surface area (Å²) >= 11 is 0. The Morgan fingerprint density at radius 3 is 1.77 bits per heavy atom. The van der Waals surface area contributed by atoms with Gasteiger partial charge in [0.25, 0.3) is 8.32 Å². The van der Waals surface area contributed by atoms with Crippen molar-refractivity contribution in [1.29, 1.82) is 0 Å². The minimum atomic E-state index is -2.49. The number of hydrogen-bond acceptors (Lipinski definition) is 3. The van der Waals surface area contributed by atoms with Gasteiger partial charge >= 0.3 is 0 Å². The minimum absolute atomic E-state index is 0.0565. The highest BCUT2D eigenvalue weighted by molar-refractivity contribution is 6.99. The van der Waals surface area contributed by atoms with Gasteiger partial charge in [0, 0.05) is 0 Å². The van der Waals surface area contributed by atoms with Crippen molar-refractivity contribution in [2.75, 3.05) is 6.61 Å². The van der Waals surface area contributed by atoms with E-state index >= 15 is 0 Å². The van der Waals surface area contributed by atoms with Gasteiger partial charge in [-0.3, -0.25) is 0 Å². The van der Waals surface area contributed by atoms with Crippen molar-refractivity contribution < 1.29 is 9.63 Å². The van der Waals surface area contributed by atoms with E-state index in [1.807, 2.05) is 12.1 Å². The van der Waals surface area contributed by atoms with Gasteiger partial charge < -0.3 is 9.63 Å². The first-order chi connectivity index (χ1) is 10.5. The van der Waals surface area contributed by atoms with E-state index in [-0.39, 0.29) is 5.04 Å². The van der Waals surface area contributed by atoms with Gasteiger partial charge in [0.1, 0.15) is 0 Å². The van der Waals surface area contributed by atoms with Crippen molar-refractivity contribution in [2.45, 2.75) is 25.8 Å². The zero-order chi connectivity index (χ0) is 16.1. The summed E-state index contributed by atoms with van der Waals surface area (Å²) in [6.07, 6.45) is 1.40. The van der Waals surface area contributed by atoms with Crippen molar-refractivity contribution in [1.82, 2.24) is 0 Å². The van der Waals surface area contributed by atoms with E-state index in [0.29, 0.717) is 6.61 Å². The second kappa shape index (κ2) is 6.90. The SMILES string of the molecule is CC(C)(C)[Si](OC/C=N/O)(c1ccccc1)c1ccccc1.